The molecule has 2 aromatic rings. The lowest BCUT2D eigenvalue weighted by Gasteiger charge is -2.21. The minimum Gasteiger partial charge on any atom is -0.410 e. The number of hydrogen-bond acceptors (Lipinski definition) is 3. The molecule has 1 N–H and O–H groups in total. The van der Waals surface area contributed by atoms with Gasteiger partial charge in [0.1, 0.15) is 5.75 Å². The van der Waals surface area contributed by atoms with Gasteiger partial charge in [0.2, 0.25) is 0 Å². The van der Waals surface area contributed by atoms with E-state index in [4.69, 9.17) is 4.74 Å². The zero-order valence-electron chi connectivity index (χ0n) is 15.0. The third kappa shape index (κ3) is 5.66. The van der Waals surface area contributed by atoms with Crippen LogP contribution in [0.25, 0.3) is 0 Å². The van der Waals surface area contributed by atoms with Gasteiger partial charge in [0.15, 0.2) is 0 Å². The van der Waals surface area contributed by atoms with Gasteiger partial charge < -0.3 is 15.0 Å². The lowest BCUT2D eigenvalue weighted by atomic mass is 10.2. The summed E-state index contributed by atoms with van der Waals surface area (Å²) in [5.74, 6) is 0.355. The molecule has 0 fully saturated rings. The molecule has 0 heterocycles. The highest BCUT2D eigenvalue weighted by Gasteiger charge is 2.15. The summed E-state index contributed by atoms with van der Waals surface area (Å²) in [5.41, 5.74) is 1.55. The van der Waals surface area contributed by atoms with Crippen molar-refractivity contribution in [2.45, 2.75) is 6.54 Å². The molecule has 0 aliphatic carbocycles. The maximum absolute atomic E-state index is 12.5. The van der Waals surface area contributed by atoms with Gasteiger partial charge >= 0.3 is 12.1 Å². The average molecular weight is 353 g/mol. The predicted octanol–water partition coefficient (Wildman–Crippen LogP) is 3.97. The molecule has 6 heteroatoms. The topological polar surface area (TPSA) is 61.9 Å². The number of hydrogen-bond donors (Lipinski definition) is 1. The Morgan fingerprint density at radius 2 is 1.85 bits per heavy atom. The Morgan fingerprint density at radius 1 is 1.12 bits per heavy atom. The monoisotopic (exact) mass is 353 g/mol. The van der Waals surface area contributed by atoms with Crippen molar-refractivity contribution in [2.24, 2.45) is 0 Å². The van der Waals surface area contributed by atoms with E-state index in [-0.39, 0.29) is 6.03 Å². The second-order valence-electron chi connectivity index (χ2n) is 5.88. The van der Waals surface area contributed by atoms with Gasteiger partial charge in [0.25, 0.3) is 0 Å². The fraction of sp³-hybridized carbons (Fsp3) is 0.200. The standard InChI is InChI=1S/C20H23N3O3/c1-4-13-23(15-16-9-6-5-7-10-16)20(25)26-18-12-8-11-17(14-18)21-19(24)22(2)3/h4-12,14H,1,13,15H2,2-3H3,(H,21,24). The molecule has 0 aromatic heterocycles. The SMILES string of the molecule is C=CCN(Cc1ccccc1)C(=O)Oc1cccc(NC(=O)N(C)C)c1. The molecule has 0 bridgehead atoms. The number of urea groups is 1. The van der Waals surface area contributed by atoms with Crippen molar-refractivity contribution in [1.29, 1.82) is 0 Å². The van der Waals surface area contributed by atoms with Crippen LogP contribution in [-0.2, 0) is 6.54 Å². The largest absolute Gasteiger partial charge is 0.415 e. The van der Waals surface area contributed by atoms with Gasteiger partial charge in [-0.1, -0.05) is 42.5 Å². The van der Waals surface area contributed by atoms with Crippen molar-refractivity contribution in [3.8, 4) is 5.75 Å². The summed E-state index contributed by atoms with van der Waals surface area (Å²) in [6.07, 6.45) is 1.17. The molecule has 2 aromatic carbocycles. The zero-order valence-corrected chi connectivity index (χ0v) is 15.0. The predicted molar refractivity (Wildman–Crippen MR) is 102 cm³/mol. The number of benzene rings is 2. The first-order valence-corrected chi connectivity index (χ1v) is 8.19. The van der Waals surface area contributed by atoms with Crippen molar-refractivity contribution in [3.63, 3.8) is 0 Å². The van der Waals surface area contributed by atoms with Crippen LogP contribution in [0.3, 0.4) is 0 Å². The molecule has 0 unspecified atom stereocenters. The van der Waals surface area contributed by atoms with Gasteiger partial charge in [0, 0.05) is 38.9 Å². The molecular weight excluding hydrogens is 330 g/mol. The van der Waals surface area contributed by atoms with Gasteiger partial charge in [-0.15, -0.1) is 6.58 Å². The Morgan fingerprint density at radius 3 is 2.50 bits per heavy atom. The average Bonchev–Trinajstić information content (AvgIpc) is 2.62. The quantitative estimate of drug-likeness (QED) is 0.800. The van der Waals surface area contributed by atoms with Crippen LogP contribution in [0.2, 0.25) is 0 Å². The minimum atomic E-state index is -0.482. The number of nitrogens with one attached hydrogen (secondary N) is 1. The van der Waals surface area contributed by atoms with E-state index in [9.17, 15) is 9.59 Å². The van der Waals surface area contributed by atoms with Crippen LogP contribution in [0.5, 0.6) is 5.75 Å². The number of amides is 3. The Bertz CT molecular complexity index is 760. The highest BCUT2D eigenvalue weighted by atomic mass is 16.6. The molecule has 0 aliphatic rings. The normalized spacial score (nSPS) is 9.92. The fourth-order valence-corrected chi connectivity index (χ4v) is 2.20. The van der Waals surface area contributed by atoms with Crippen LogP contribution in [-0.4, -0.2) is 42.6 Å². The lowest BCUT2D eigenvalue weighted by molar-refractivity contribution is 0.155. The van der Waals surface area contributed by atoms with E-state index in [0.29, 0.717) is 24.5 Å². The second-order valence-corrected chi connectivity index (χ2v) is 5.88. The molecule has 0 saturated heterocycles. The van der Waals surface area contributed by atoms with Crippen molar-refractivity contribution >= 4 is 17.8 Å². The Balaban J connectivity index is 2.06. The van der Waals surface area contributed by atoms with Gasteiger partial charge in [-0.05, 0) is 17.7 Å². The van der Waals surface area contributed by atoms with Crippen molar-refractivity contribution in [1.82, 2.24) is 9.80 Å². The molecule has 0 aliphatic heterocycles. The summed E-state index contributed by atoms with van der Waals surface area (Å²) in [6.45, 7) is 4.48. The molecule has 3 amide bonds. The molecule has 136 valence electrons. The summed E-state index contributed by atoms with van der Waals surface area (Å²) < 4.78 is 5.46. The van der Waals surface area contributed by atoms with E-state index < -0.39 is 6.09 Å². The number of carbonyl (C=O) groups excluding carboxylic acids is 2. The number of rotatable bonds is 6. The van der Waals surface area contributed by atoms with Crippen molar-refractivity contribution in [2.75, 3.05) is 26.0 Å². The summed E-state index contributed by atoms with van der Waals surface area (Å²) in [6, 6.07) is 16.1. The van der Waals surface area contributed by atoms with Crippen LogP contribution in [0.15, 0.2) is 67.3 Å². The van der Waals surface area contributed by atoms with Crippen LogP contribution in [0.1, 0.15) is 5.56 Å². The first-order chi connectivity index (χ1) is 12.5. The molecule has 0 spiro atoms. The van der Waals surface area contributed by atoms with Crippen LogP contribution in [0.4, 0.5) is 15.3 Å². The van der Waals surface area contributed by atoms with Gasteiger partial charge in [-0.2, -0.15) is 0 Å². The highest BCUT2D eigenvalue weighted by Crippen LogP contribution is 2.19. The fourth-order valence-electron chi connectivity index (χ4n) is 2.20. The molecule has 0 radical (unpaired) electrons. The maximum atomic E-state index is 12.5. The van der Waals surface area contributed by atoms with Gasteiger partial charge in [0.05, 0.1) is 0 Å². The first-order valence-electron chi connectivity index (χ1n) is 8.19. The molecule has 0 atom stereocenters. The molecular formula is C20H23N3O3. The molecule has 2 rings (SSSR count). The van der Waals surface area contributed by atoms with Gasteiger partial charge in [-0.3, -0.25) is 4.90 Å². The molecule has 0 saturated carbocycles. The van der Waals surface area contributed by atoms with Crippen molar-refractivity contribution in [3.05, 3.63) is 72.8 Å². The number of carbonyl (C=O) groups is 2. The summed E-state index contributed by atoms with van der Waals surface area (Å²) in [4.78, 5) is 27.2. The second kappa shape index (κ2) is 9.27. The third-order valence-electron chi connectivity index (χ3n) is 3.52. The van der Waals surface area contributed by atoms with Gasteiger partial charge in [-0.25, -0.2) is 9.59 Å². The van der Waals surface area contributed by atoms with Crippen LogP contribution < -0.4 is 10.1 Å². The van der Waals surface area contributed by atoms with E-state index in [2.05, 4.69) is 11.9 Å². The maximum Gasteiger partial charge on any atom is 0.415 e. The highest BCUT2D eigenvalue weighted by molar-refractivity contribution is 5.89. The Hall–Kier alpha value is -3.28. The van der Waals surface area contributed by atoms with E-state index in [0.717, 1.165) is 5.56 Å². The first kappa shape index (κ1) is 19.1. The summed E-state index contributed by atoms with van der Waals surface area (Å²) >= 11 is 0. The lowest BCUT2D eigenvalue weighted by Crippen LogP contribution is -2.33. The van der Waals surface area contributed by atoms with E-state index in [1.165, 1.54) is 4.90 Å². The zero-order chi connectivity index (χ0) is 18.9. The molecule has 6 nitrogen and oxygen atoms in total. The Kier molecular flexibility index (Phi) is 6.79. The Labute approximate surface area is 153 Å². The molecule has 26 heavy (non-hydrogen) atoms. The van der Waals surface area contributed by atoms with E-state index >= 15 is 0 Å². The van der Waals surface area contributed by atoms with Crippen LogP contribution in [0, 0.1) is 0 Å². The minimum absolute atomic E-state index is 0.258. The number of nitrogens with zero attached hydrogens (tertiary/aromatic N) is 2. The summed E-state index contributed by atoms with van der Waals surface area (Å²) in [7, 11) is 3.30. The smallest absolute Gasteiger partial charge is 0.410 e. The van der Waals surface area contributed by atoms with Crippen molar-refractivity contribution < 1.29 is 14.3 Å². The van der Waals surface area contributed by atoms with E-state index in [1.807, 2.05) is 30.3 Å². The van der Waals surface area contributed by atoms with Crippen LogP contribution >= 0.6 is 0 Å². The third-order valence-corrected chi connectivity index (χ3v) is 3.52. The summed E-state index contributed by atoms with van der Waals surface area (Å²) in [5, 5.41) is 2.72. The number of ether oxygens (including phenoxy) is 1. The number of anilines is 1. The van der Waals surface area contributed by atoms with E-state index in [1.54, 1.807) is 49.3 Å².